The van der Waals surface area contributed by atoms with Crippen molar-refractivity contribution in [3.63, 3.8) is 0 Å². The van der Waals surface area contributed by atoms with E-state index in [0.29, 0.717) is 25.0 Å². The van der Waals surface area contributed by atoms with Crippen LogP contribution in [0.3, 0.4) is 0 Å². The number of carbonyl (C=O) groups is 1. The molecule has 0 aliphatic rings. The topological polar surface area (TPSA) is 76.0 Å². The maximum atomic E-state index is 13.1. The van der Waals surface area contributed by atoms with E-state index in [4.69, 9.17) is 0 Å². The number of rotatable bonds is 7. The van der Waals surface area contributed by atoms with E-state index in [9.17, 15) is 18.4 Å². The Hall–Kier alpha value is -3.13. The summed E-state index contributed by atoms with van der Waals surface area (Å²) in [6.45, 7) is 1.17. The van der Waals surface area contributed by atoms with Crippen molar-refractivity contribution in [2.24, 2.45) is 0 Å². The van der Waals surface area contributed by atoms with E-state index >= 15 is 0 Å². The van der Waals surface area contributed by atoms with Crippen molar-refractivity contribution in [2.45, 2.75) is 13.0 Å². The predicted molar refractivity (Wildman–Crippen MR) is 98.5 cm³/mol. The third kappa shape index (κ3) is 4.95. The van der Waals surface area contributed by atoms with Crippen molar-refractivity contribution in [2.75, 3.05) is 18.4 Å². The largest absolute Gasteiger partial charge is 0.326 e. The van der Waals surface area contributed by atoms with Gasteiger partial charge in [0.15, 0.2) is 0 Å². The number of nitrogens with one attached hydrogen (secondary N) is 2. The molecule has 1 amide bonds. The van der Waals surface area contributed by atoms with E-state index in [1.54, 1.807) is 18.3 Å². The molecule has 0 saturated carbocycles. The molecule has 6 nitrogen and oxygen atoms in total. The second kappa shape index (κ2) is 8.50. The van der Waals surface area contributed by atoms with Gasteiger partial charge in [0.05, 0.1) is 18.1 Å². The fourth-order valence-corrected chi connectivity index (χ4v) is 2.65. The normalized spacial score (nSPS) is 10.9. The Labute approximate surface area is 153 Å². The molecule has 27 heavy (non-hydrogen) atoms. The number of nitrogens with zero attached hydrogens (tertiary/aromatic N) is 2. The van der Waals surface area contributed by atoms with Gasteiger partial charge in [-0.3, -0.25) is 9.59 Å². The van der Waals surface area contributed by atoms with Gasteiger partial charge >= 0.3 is 0 Å². The standard InChI is InChI=1S/C19H18F2N4O2/c20-14-9-15(21)11-16(10-14)24-18(26)5-6-22-7-8-25-19(27)17-4-2-1-3-13(17)12-23-25/h1-4,9-12,22H,5-8H2,(H,24,26). The van der Waals surface area contributed by atoms with Crippen LogP contribution < -0.4 is 16.2 Å². The maximum absolute atomic E-state index is 13.1. The van der Waals surface area contributed by atoms with Gasteiger partial charge in [0, 0.05) is 36.7 Å². The third-order valence-corrected chi connectivity index (χ3v) is 3.94. The Balaban J connectivity index is 1.45. The van der Waals surface area contributed by atoms with Gasteiger partial charge in [-0.05, 0) is 18.2 Å². The summed E-state index contributed by atoms with van der Waals surface area (Å²) in [7, 11) is 0. The first-order valence-electron chi connectivity index (χ1n) is 8.44. The van der Waals surface area contributed by atoms with Gasteiger partial charge < -0.3 is 10.6 Å². The number of carbonyl (C=O) groups excluding carboxylic acids is 1. The average molecular weight is 372 g/mol. The fourth-order valence-electron chi connectivity index (χ4n) is 2.65. The lowest BCUT2D eigenvalue weighted by Gasteiger charge is -2.08. The molecule has 140 valence electrons. The molecule has 3 rings (SSSR count). The van der Waals surface area contributed by atoms with Gasteiger partial charge in [-0.25, -0.2) is 13.5 Å². The fraction of sp³-hybridized carbons (Fsp3) is 0.211. The van der Waals surface area contributed by atoms with Crippen molar-refractivity contribution >= 4 is 22.4 Å². The number of halogens is 2. The summed E-state index contributed by atoms with van der Waals surface area (Å²) in [5.74, 6) is -1.87. The number of hydrogen-bond acceptors (Lipinski definition) is 4. The summed E-state index contributed by atoms with van der Waals surface area (Å²) in [6, 6.07) is 10.1. The van der Waals surface area contributed by atoms with E-state index in [1.165, 1.54) is 4.68 Å². The molecule has 0 saturated heterocycles. The zero-order chi connectivity index (χ0) is 19.2. The zero-order valence-electron chi connectivity index (χ0n) is 14.4. The van der Waals surface area contributed by atoms with Gasteiger partial charge in [0.1, 0.15) is 11.6 Å². The van der Waals surface area contributed by atoms with E-state index in [1.807, 2.05) is 12.1 Å². The van der Waals surface area contributed by atoms with Crippen molar-refractivity contribution in [3.8, 4) is 0 Å². The van der Waals surface area contributed by atoms with Crippen LogP contribution in [0.2, 0.25) is 0 Å². The minimum atomic E-state index is -0.753. The molecule has 8 heteroatoms. The third-order valence-electron chi connectivity index (χ3n) is 3.94. The molecule has 0 radical (unpaired) electrons. The molecule has 0 atom stereocenters. The molecule has 0 aliphatic carbocycles. The lowest BCUT2D eigenvalue weighted by atomic mass is 10.2. The van der Waals surface area contributed by atoms with E-state index in [2.05, 4.69) is 15.7 Å². The highest BCUT2D eigenvalue weighted by molar-refractivity contribution is 5.90. The number of hydrogen-bond donors (Lipinski definition) is 2. The maximum Gasteiger partial charge on any atom is 0.274 e. The van der Waals surface area contributed by atoms with Crippen LogP contribution in [-0.2, 0) is 11.3 Å². The number of anilines is 1. The number of aromatic nitrogens is 2. The van der Waals surface area contributed by atoms with Crippen LogP contribution in [0.5, 0.6) is 0 Å². The lowest BCUT2D eigenvalue weighted by molar-refractivity contribution is -0.116. The van der Waals surface area contributed by atoms with Crippen LogP contribution in [0, 0.1) is 11.6 Å². The molecule has 3 aromatic rings. The van der Waals surface area contributed by atoms with E-state index in [0.717, 1.165) is 23.6 Å². The van der Waals surface area contributed by atoms with E-state index in [-0.39, 0.29) is 23.6 Å². The second-order valence-corrected chi connectivity index (χ2v) is 5.97. The molecular formula is C19H18F2N4O2. The van der Waals surface area contributed by atoms with Crippen molar-refractivity contribution in [1.29, 1.82) is 0 Å². The van der Waals surface area contributed by atoms with Crippen LogP contribution >= 0.6 is 0 Å². The predicted octanol–water partition coefficient (Wildman–Crippen LogP) is 2.29. The molecule has 1 heterocycles. The number of benzene rings is 2. The molecule has 0 unspecified atom stereocenters. The van der Waals surface area contributed by atoms with Gasteiger partial charge in [-0.15, -0.1) is 0 Å². The van der Waals surface area contributed by atoms with Crippen molar-refractivity contribution in [3.05, 3.63) is 70.6 Å². The molecule has 1 aromatic heterocycles. The first kappa shape index (κ1) is 18.7. The molecule has 2 N–H and O–H groups in total. The minimum absolute atomic E-state index is 0.0735. The molecule has 0 aliphatic heterocycles. The van der Waals surface area contributed by atoms with Gasteiger partial charge in [-0.2, -0.15) is 5.10 Å². The summed E-state index contributed by atoms with van der Waals surface area (Å²) < 4.78 is 27.5. The summed E-state index contributed by atoms with van der Waals surface area (Å²) in [5, 5.41) is 11.0. The Kier molecular flexibility index (Phi) is 5.87. The summed E-state index contributed by atoms with van der Waals surface area (Å²) in [5.41, 5.74) is -0.0924. The quantitative estimate of drug-likeness (QED) is 0.624. The van der Waals surface area contributed by atoms with Crippen LogP contribution in [-0.4, -0.2) is 28.8 Å². The van der Waals surface area contributed by atoms with Gasteiger partial charge in [0.25, 0.3) is 5.56 Å². The zero-order valence-corrected chi connectivity index (χ0v) is 14.4. The van der Waals surface area contributed by atoms with Crippen LogP contribution in [0.15, 0.2) is 53.5 Å². The summed E-state index contributed by atoms with van der Waals surface area (Å²) in [6.07, 6.45) is 1.76. The minimum Gasteiger partial charge on any atom is -0.326 e. The summed E-state index contributed by atoms with van der Waals surface area (Å²) >= 11 is 0. The smallest absolute Gasteiger partial charge is 0.274 e. The van der Waals surface area contributed by atoms with Crippen LogP contribution in [0.4, 0.5) is 14.5 Å². The SMILES string of the molecule is O=C(CCNCCn1ncc2ccccc2c1=O)Nc1cc(F)cc(F)c1. The average Bonchev–Trinajstić information content (AvgIpc) is 2.62. The molecule has 0 fully saturated rings. The second-order valence-electron chi connectivity index (χ2n) is 5.97. The van der Waals surface area contributed by atoms with Crippen molar-refractivity contribution < 1.29 is 13.6 Å². The lowest BCUT2D eigenvalue weighted by Crippen LogP contribution is -2.30. The Morgan fingerprint density at radius 3 is 2.59 bits per heavy atom. The molecule has 0 bridgehead atoms. The van der Waals surface area contributed by atoms with Crippen molar-refractivity contribution in [1.82, 2.24) is 15.1 Å². The first-order valence-corrected chi connectivity index (χ1v) is 8.44. The molecule has 0 spiro atoms. The van der Waals surface area contributed by atoms with E-state index < -0.39 is 11.6 Å². The van der Waals surface area contributed by atoms with Crippen LogP contribution in [0.25, 0.3) is 10.8 Å². The Morgan fingerprint density at radius 1 is 1.07 bits per heavy atom. The number of amides is 1. The van der Waals surface area contributed by atoms with Gasteiger partial charge in [-0.1, -0.05) is 18.2 Å². The van der Waals surface area contributed by atoms with Gasteiger partial charge in [0.2, 0.25) is 5.91 Å². The van der Waals surface area contributed by atoms with Crippen LogP contribution in [0.1, 0.15) is 6.42 Å². The monoisotopic (exact) mass is 372 g/mol. The first-order chi connectivity index (χ1) is 13.0. The summed E-state index contributed by atoms with van der Waals surface area (Å²) in [4.78, 5) is 24.1. The highest BCUT2D eigenvalue weighted by Crippen LogP contribution is 2.12. The number of fused-ring (bicyclic) bond motifs is 1. The highest BCUT2D eigenvalue weighted by Gasteiger charge is 2.06. The molecular weight excluding hydrogens is 354 g/mol. The Bertz CT molecular complexity index is 1000. The molecule has 2 aromatic carbocycles. The highest BCUT2D eigenvalue weighted by atomic mass is 19.1. The Morgan fingerprint density at radius 2 is 1.81 bits per heavy atom.